The normalized spacial score (nSPS) is 44.0. The van der Waals surface area contributed by atoms with Crippen LogP contribution in [-0.2, 0) is 9.59 Å². The van der Waals surface area contributed by atoms with Gasteiger partial charge in [-0.1, -0.05) is 55.3 Å². The lowest BCUT2D eigenvalue weighted by atomic mass is 9.47. The van der Waals surface area contributed by atoms with Gasteiger partial charge in [0.2, 0.25) is 0 Å². The Bertz CT molecular complexity index is 760. The third kappa shape index (κ3) is 3.92. The average Bonchev–Trinajstić information content (AvgIpc) is 3.01. The van der Waals surface area contributed by atoms with Crippen molar-refractivity contribution in [1.29, 1.82) is 0 Å². The summed E-state index contributed by atoms with van der Waals surface area (Å²) in [7, 11) is 0. The predicted molar refractivity (Wildman–Crippen MR) is 128 cm³/mol. The first kappa shape index (κ1) is 23.7. The van der Waals surface area contributed by atoms with E-state index < -0.39 is 0 Å². The van der Waals surface area contributed by atoms with Crippen LogP contribution in [0.15, 0.2) is 11.6 Å². The third-order valence-corrected chi connectivity index (χ3v) is 11.3. The van der Waals surface area contributed by atoms with Crippen molar-refractivity contribution < 1.29 is 14.7 Å². The Balaban J connectivity index is 1.54. The summed E-state index contributed by atoms with van der Waals surface area (Å²) in [5.74, 6) is 2.45. The molecule has 0 aromatic heterocycles. The maximum Gasteiger partial charge on any atom is 0.137 e. The molecule has 1 N–H and O–H groups in total. The van der Waals surface area contributed by atoms with Gasteiger partial charge in [0, 0.05) is 30.0 Å². The molecule has 0 aromatic carbocycles. The molecule has 3 saturated carbocycles. The number of carbonyl (C=O) groups excluding carboxylic acids is 2. The van der Waals surface area contributed by atoms with Crippen molar-refractivity contribution in [2.45, 2.75) is 91.6 Å². The van der Waals surface area contributed by atoms with Crippen LogP contribution < -0.4 is 0 Å². The molecule has 4 heteroatoms. The number of aliphatic hydroxyl groups excluding tert-OH is 1. The lowest BCUT2D eigenvalue weighted by Crippen LogP contribution is -2.51. The Morgan fingerprint density at radius 2 is 1.94 bits per heavy atom. The van der Waals surface area contributed by atoms with Crippen molar-refractivity contribution in [1.82, 2.24) is 0 Å². The van der Waals surface area contributed by atoms with Crippen molar-refractivity contribution in [3.63, 3.8) is 0 Å². The number of allylic oxidation sites excluding steroid dienone is 1. The molecule has 2 unspecified atom stereocenters. The first-order chi connectivity index (χ1) is 14.6. The molecular formula is C27H41BrO3. The smallest absolute Gasteiger partial charge is 0.137 e. The van der Waals surface area contributed by atoms with Crippen LogP contribution >= 0.6 is 15.9 Å². The predicted octanol–water partition coefficient (Wildman–Crippen LogP) is 6.12. The second-order valence-corrected chi connectivity index (χ2v) is 12.5. The lowest BCUT2D eigenvalue weighted by molar-refractivity contribution is -0.134. The molecule has 0 saturated heterocycles. The second kappa shape index (κ2) is 8.70. The molecule has 3 fully saturated rings. The molecule has 174 valence electrons. The van der Waals surface area contributed by atoms with E-state index in [1.54, 1.807) is 0 Å². The van der Waals surface area contributed by atoms with Gasteiger partial charge in [-0.2, -0.15) is 0 Å². The summed E-state index contributed by atoms with van der Waals surface area (Å²) in [5, 5.41) is 11.1. The summed E-state index contributed by atoms with van der Waals surface area (Å²) in [4.78, 5) is 26.4. The topological polar surface area (TPSA) is 54.4 Å². The summed E-state index contributed by atoms with van der Waals surface area (Å²) >= 11 is 3.51. The Kier molecular flexibility index (Phi) is 6.65. The maximum atomic E-state index is 13.4. The quantitative estimate of drug-likeness (QED) is 0.358. The number of carbonyl (C=O) groups is 2. The molecular weight excluding hydrogens is 452 g/mol. The van der Waals surface area contributed by atoms with E-state index in [1.165, 1.54) is 5.57 Å². The van der Waals surface area contributed by atoms with Crippen LogP contribution in [-0.4, -0.2) is 28.1 Å². The molecule has 4 aliphatic carbocycles. The highest BCUT2D eigenvalue weighted by atomic mass is 79.9. The molecule has 0 spiro atoms. The van der Waals surface area contributed by atoms with Crippen LogP contribution in [0.2, 0.25) is 0 Å². The fourth-order valence-electron chi connectivity index (χ4n) is 8.20. The van der Waals surface area contributed by atoms with E-state index in [9.17, 15) is 14.7 Å². The number of ketones is 2. The molecule has 9 atom stereocenters. The van der Waals surface area contributed by atoms with Gasteiger partial charge in [-0.3, -0.25) is 9.59 Å². The highest BCUT2D eigenvalue weighted by Crippen LogP contribution is 2.66. The zero-order valence-corrected chi connectivity index (χ0v) is 21.4. The molecule has 31 heavy (non-hydrogen) atoms. The van der Waals surface area contributed by atoms with E-state index in [0.29, 0.717) is 42.3 Å². The van der Waals surface area contributed by atoms with Crippen molar-refractivity contribution in [3.05, 3.63) is 11.6 Å². The average molecular weight is 494 g/mol. The van der Waals surface area contributed by atoms with E-state index in [4.69, 9.17) is 0 Å². The highest BCUT2D eigenvalue weighted by Gasteiger charge is 2.62. The van der Waals surface area contributed by atoms with Crippen LogP contribution in [0.3, 0.4) is 0 Å². The molecule has 0 aromatic rings. The number of rotatable bonds is 6. The van der Waals surface area contributed by atoms with E-state index in [2.05, 4.69) is 42.8 Å². The molecule has 0 aliphatic heterocycles. The first-order valence-corrected chi connectivity index (χ1v) is 13.7. The number of fused-ring (bicyclic) bond motifs is 5. The van der Waals surface area contributed by atoms with Gasteiger partial charge in [-0.25, -0.2) is 0 Å². The van der Waals surface area contributed by atoms with Crippen molar-refractivity contribution in [2.24, 2.45) is 46.3 Å². The van der Waals surface area contributed by atoms with Gasteiger partial charge < -0.3 is 5.11 Å². The van der Waals surface area contributed by atoms with Crippen LogP contribution in [0.5, 0.6) is 0 Å². The highest BCUT2D eigenvalue weighted by molar-refractivity contribution is 9.09. The van der Waals surface area contributed by atoms with Gasteiger partial charge in [-0.05, 0) is 79.4 Å². The van der Waals surface area contributed by atoms with Crippen molar-refractivity contribution in [2.75, 3.05) is 5.33 Å². The van der Waals surface area contributed by atoms with Crippen molar-refractivity contribution >= 4 is 27.5 Å². The van der Waals surface area contributed by atoms with E-state index in [-0.39, 0.29) is 34.6 Å². The minimum atomic E-state index is -0.179. The summed E-state index contributed by atoms with van der Waals surface area (Å²) in [6.07, 6.45) is 10.5. The second-order valence-electron chi connectivity index (χ2n) is 11.9. The molecule has 3 nitrogen and oxygen atoms in total. The Morgan fingerprint density at radius 1 is 1.19 bits per heavy atom. The Hall–Kier alpha value is -0.480. The van der Waals surface area contributed by atoms with Crippen LogP contribution in [0.4, 0.5) is 0 Å². The van der Waals surface area contributed by atoms with Crippen molar-refractivity contribution in [3.8, 4) is 0 Å². The molecule has 0 heterocycles. The van der Waals surface area contributed by atoms with Gasteiger partial charge >= 0.3 is 0 Å². The monoisotopic (exact) mass is 492 g/mol. The lowest BCUT2D eigenvalue weighted by Gasteiger charge is -2.58. The van der Waals surface area contributed by atoms with E-state index in [1.807, 2.05) is 6.92 Å². The Morgan fingerprint density at radius 3 is 2.65 bits per heavy atom. The molecule has 4 aliphatic rings. The third-order valence-electron chi connectivity index (χ3n) is 10.1. The van der Waals surface area contributed by atoms with Crippen LogP contribution in [0.25, 0.3) is 0 Å². The summed E-state index contributed by atoms with van der Waals surface area (Å²) < 4.78 is 0. The van der Waals surface area contributed by atoms with E-state index >= 15 is 0 Å². The number of Topliss-reactive ketones (excluding diaryl/α,β-unsaturated/α-hetero) is 2. The molecule has 0 radical (unpaired) electrons. The minimum absolute atomic E-state index is 0.0375. The summed E-state index contributed by atoms with van der Waals surface area (Å²) in [6.45, 7) is 8.96. The minimum Gasteiger partial charge on any atom is -0.393 e. The van der Waals surface area contributed by atoms with Gasteiger partial charge in [-0.15, -0.1) is 0 Å². The zero-order valence-electron chi connectivity index (χ0n) is 19.8. The number of hydrogen-bond acceptors (Lipinski definition) is 3. The molecule has 0 amide bonds. The fraction of sp³-hybridized carbons (Fsp3) is 0.852. The van der Waals surface area contributed by atoms with Gasteiger partial charge in [0.15, 0.2) is 0 Å². The number of aliphatic hydroxyl groups is 1. The number of alkyl halides is 1. The summed E-state index contributed by atoms with van der Waals surface area (Å²) in [5.41, 5.74) is 1.63. The van der Waals surface area contributed by atoms with Gasteiger partial charge in [0.25, 0.3) is 0 Å². The van der Waals surface area contributed by atoms with Crippen LogP contribution in [0, 0.1) is 46.3 Å². The largest absolute Gasteiger partial charge is 0.393 e. The molecule has 4 rings (SSSR count). The van der Waals surface area contributed by atoms with Gasteiger partial charge in [0.05, 0.1) is 6.10 Å². The van der Waals surface area contributed by atoms with Crippen LogP contribution in [0.1, 0.15) is 85.5 Å². The molecule has 0 bridgehead atoms. The van der Waals surface area contributed by atoms with Gasteiger partial charge in [0.1, 0.15) is 11.6 Å². The first-order valence-electron chi connectivity index (χ1n) is 12.6. The number of halogens is 1. The SMILES string of the molecule is CC(CBr)CCC(=O)C(C)[C@H]1C(=O)C[C@H]2[C@@H]3CC=C4C[C@@H](O)CC[C@]4(C)[C@H]3CC[C@]12C. The number of hydrogen-bond donors (Lipinski definition) is 1. The standard InChI is InChI=1S/C27H41BrO3/c1-16(15-28)5-8-23(30)17(2)25-24(31)14-22-20-7-6-18-13-19(29)9-11-26(18,3)21(20)10-12-27(22,25)4/h6,16-17,19-22,25,29H,5,7-15H2,1-4H3/t16?,17?,19-,20+,21-,22-,25-,26-,27-/m0/s1. The zero-order chi connectivity index (χ0) is 22.6. The fourth-order valence-corrected chi connectivity index (χ4v) is 8.52. The Labute approximate surface area is 196 Å². The summed E-state index contributed by atoms with van der Waals surface area (Å²) in [6, 6.07) is 0. The van der Waals surface area contributed by atoms with E-state index in [0.717, 1.165) is 50.3 Å². The maximum absolute atomic E-state index is 13.4.